The van der Waals surface area contributed by atoms with Gasteiger partial charge in [-0.2, -0.15) is 0 Å². The molecule has 0 heterocycles. The Morgan fingerprint density at radius 3 is 2.52 bits per heavy atom. The fourth-order valence-corrected chi connectivity index (χ4v) is 2.06. The summed E-state index contributed by atoms with van der Waals surface area (Å²) < 4.78 is 0. The maximum atomic E-state index is 11.9. The van der Waals surface area contributed by atoms with Crippen LogP contribution in [0.3, 0.4) is 0 Å². The van der Waals surface area contributed by atoms with Crippen LogP contribution in [0.1, 0.15) is 17.5 Å². The largest absolute Gasteiger partial charge is 0.334 e. The monoisotopic (exact) mass is 283 g/mol. The second kappa shape index (κ2) is 8.07. The Kier molecular flexibility index (Phi) is 5.79. The van der Waals surface area contributed by atoms with Crippen LogP contribution in [-0.2, 0) is 13.0 Å². The summed E-state index contributed by atoms with van der Waals surface area (Å²) in [6.07, 6.45) is 1.88. The molecule has 0 atom stereocenters. The number of amides is 2. The van der Waals surface area contributed by atoms with Gasteiger partial charge in [0.05, 0.1) is 0 Å². The fourth-order valence-electron chi connectivity index (χ4n) is 2.06. The van der Waals surface area contributed by atoms with Crippen molar-refractivity contribution >= 4 is 11.7 Å². The predicted octanol–water partition coefficient (Wildman–Crippen LogP) is 2.90. The zero-order chi connectivity index (χ0) is 14.9. The molecule has 0 bridgehead atoms. The average Bonchev–Trinajstić information content (AvgIpc) is 2.52. The number of nitrogens with two attached hydrogens (primary N) is 1. The van der Waals surface area contributed by atoms with Gasteiger partial charge in [-0.15, -0.1) is 0 Å². The van der Waals surface area contributed by atoms with Crippen molar-refractivity contribution in [1.82, 2.24) is 5.32 Å². The van der Waals surface area contributed by atoms with E-state index in [1.54, 1.807) is 0 Å². The van der Waals surface area contributed by atoms with E-state index in [1.807, 2.05) is 54.6 Å². The highest BCUT2D eigenvalue weighted by Crippen LogP contribution is 2.12. The highest BCUT2D eigenvalue weighted by molar-refractivity contribution is 5.89. The van der Waals surface area contributed by atoms with E-state index in [9.17, 15) is 4.79 Å². The summed E-state index contributed by atoms with van der Waals surface area (Å²) in [6.45, 7) is 1.19. The molecule has 21 heavy (non-hydrogen) atoms. The molecular formula is C17H21N3O. The van der Waals surface area contributed by atoms with Crippen LogP contribution in [0.15, 0.2) is 54.6 Å². The molecule has 0 spiro atoms. The maximum Gasteiger partial charge on any atom is 0.319 e. The van der Waals surface area contributed by atoms with Crippen molar-refractivity contribution in [2.75, 3.05) is 11.9 Å². The first-order valence-corrected chi connectivity index (χ1v) is 7.16. The lowest BCUT2D eigenvalue weighted by Gasteiger charge is -2.09. The normalized spacial score (nSPS) is 10.1. The van der Waals surface area contributed by atoms with Crippen LogP contribution in [0.5, 0.6) is 0 Å². The van der Waals surface area contributed by atoms with Crippen molar-refractivity contribution in [3.8, 4) is 0 Å². The van der Waals surface area contributed by atoms with Crippen LogP contribution < -0.4 is 16.4 Å². The molecule has 2 amide bonds. The Morgan fingerprint density at radius 1 is 1.00 bits per heavy atom. The number of hydrogen-bond donors (Lipinski definition) is 3. The number of aryl methyl sites for hydroxylation is 1. The van der Waals surface area contributed by atoms with Gasteiger partial charge in [-0.05, 0) is 42.6 Å². The highest BCUT2D eigenvalue weighted by Gasteiger charge is 2.02. The summed E-state index contributed by atoms with van der Waals surface area (Å²) in [5.74, 6) is 0. The van der Waals surface area contributed by atoms with Crippen LogP contribution in [-0.4, -0.2) is 12.6 Å². The highest BCUT2D eigenvalue weighted by atomic mass is 16.2. The lowest BCUT2D eigenvalue weighted by molar-refractivity contribution is 0.251. The molecular weight excluding hydrogens is 262 g/mol. The average molecular weight is 283 g/mol. The smallest absolute Gasteiger partial charge is 0.319 e. The van der Waals surface area contributed by atoms with E-state index in [4.69, 9.17) is 5.73 Å². The van der Waals surface area contributed by atoms with Crippen molar-refractivity contribution < 1.29 is 4.79 Å². The van der Waals surface area contributed by atoms with Crippen molar-refractivity contribution in [1.29, 1.82) is 0 Å². The number of urea groups is 1. The number of nitrogens with one attached hydrogen (secondary N) is 2. The zero-order valence-corrected chi connectivity index (χ0v) is 12.0. The SMILES string of the molecule is NCCCc1cccc(NC(=O)NCc2ccccc2)c1. The van der Waals surface area contributed by atoms with Gasteiger partial charge in [0.25, 0.3) is 0 Å². The van der Waals surface area contributed by atoms with Gasteiger partial charge in [0.1, 0.15) is 0 Å². The number of hydrogen-bond acceptors (Lipinski definition) is 2. The van der Waals surface area contributed by atoms with Gasteiger partial charge in [-0.1, -0.05) is 42.5 Å². The lowest BCUT2D eigenvalue weighted by Crippen LogP contribution is -2.28. The number of carbonyl (C=O) groups is 1. The van der Waals surface area contributed by atoms with Gasteiger partial charge < -0.3 is 16.4 Å². The number of carbonyl (C=O) groups excluding carboxylic acids is 1. The Morgan fingerprint density at radius 2 is 1.76 bits per heavy atom. The van der Waals surface area contributed by atoms with E-state index >= 15 is 0 Å². The molecule has 2 rings (SSSR count). The molecule has 0 saturated heterocycles. The third kappa shape index (κ3) is 5.28. The molecule has 0 aliphatic rings. The molecule has 0 aliphatic heterocycles. The van der Waals surface area contributed by atoms with Crippen LogP contribution in [0.25, 0.3) is 0 Å². The van der Waals surface area contributed by atoms with Crippen LogP contribution >= 0.6 is 0 Å². The van der Waals surface area contributed by atoms with E-state index in [1.165, 1.54) is 5.56 Å². The summed E-state index contributed by atoms with van der Waals surface area (Å²) in [5.41, 5.74) is 8.57. The van der Waals surface area contributed by atoms with Crippen LogP contribution in [0, 0.1) is 0 Å². The van der Waals surface area contributed by atoms with Gasteiger partial charge in [0.2, 0.25) is 0 Å². The molecule has 4 nitrogen and oxygen atoms in total. The number of rotatable bonds is 6. The van der Waals surface area contributed by atoms with E-state index in [2.05, 4.69) is 10.6 Å². The molecule has 2 aromatic rings. The quantitative estimate of drug-likeness (QED) is 0.763. The number of anilines is 1. The lowest BCUT2D eigenvalue weighted by atomic mass is 10.1. The van der Waals surface area contributed by atoms with E-state index < -0.39 is 0 Å². The van der Waals surface area contributed by atoms with E-state index in [-0.39, 0.29) is 6.03 Å². The summed E-state index contributed by atoms with van der Waals surface area (Å²) in [6, 6.07) is 17.5. The van der Waals surface area contributed by atoms with Gasteiger partial charge >= 0.3 is 6.03 Å². The molecule has 110 valence electrons. The zero-order valence-electron chi connectivity index (χ0n) is 12.0. The minimum Gasteiger partial charge on any atom is -0.334 e. The van der Waals surface area contributed by atoms with Gasteiger partial charge in [-0.25, -0.2) is 4.79 Å². The Hall–Kier alpha value is -2.33. The van der Waals surface area contributed by atoms with Gasteiger partial charge in [0, 0.05) is 12.2 Å². The van der Waals surface area contributed by atoms with Crippen molar-refractivity contribution in [2.24, 2.45) is 5.73 Å². The third-order valence-corrected chi connectivity index (χ3v) is 3.15. The molecule has 2 aromatic carbocycles. The number of benzene rings is 2. The first kappa shape index (κ1) is 15.1. The summed E-state index contributed by atoms with van der Waals surface area (Å²) in [7, 11) is 0. The summed E-state index contributed by atoms with van der Waals surface area (Å²) in [5, 5.41) is 5.69. The first-order valence-electron chi connectivity index (χ1n) is 7.16. The minimum atomic E-state index is -0.199. The molecule has 0 aromatic heterocycles. The Labute approximate surface area is 125 Å². The summed E-state index contributed by atoms with van der Waals surface area (Å²) >= 11 is 0. The van der Waals surface area contributed by atoms with Crippen molar-refractivity contribution in [2.45, 2.75) is 19.4 Å². The first-order chi connectivity index (χ1) is 10.3. The van der Waals surface area contributed by atoms with Gasteiger partial charge in [0.15, 0.2) is 0 Å². The Balaban J connectivity index is 1.84. The summed E-state index contributed by atoms with van der Waals surface area (Å²) in [4.78, 5) is 11.9. The van der Waals surface area contributed by atoms with Crippen molar-refractivity contribution in [3.05, 3.63) is 65.7 Å². The fraction of sp³-hybridized carbons (Fsp3) is 0.235. The third-order valence-electron chi connectivity index (χ3n) is 3.15. The maximum absolute atomic E-state index is 11.9. The second-order valence-corrected chi connectivity index (χ2v) is 4.89. The van der Waals surface area contributed by atoms with Crippen LogP contribution in [0.2, 0.25) is 0 Å². The predicted molar refractivity (Wildman–Crippen MR) is 86.1 cm³/mol. The van der Waals surface area contributed by atoms with Gasteiger partial charge in [-0.3, -0.25) is 0 Å². The molecule has 4 N–H and O–H groups in total. The molecule has 0 unspecified atom stereocenters. The molecule has 4 heteroatoms. The van der Waals surface area contributed by atoms with E-state index in [0.717, 1.165) is 24.1 Å². The van der Waals surface area contributed by atoms with E-state index in [0.29, 0.717) is 13.1 Å². The molecule has 0 saturated carbocycles. The minimum absolute atomic E-state index is 0.199. The van der Waals surface area contributed by atoms with Crippen molar-refractivity contribution in [3.63, 3.8) is 0 Å². The molecule has 0 fully saturated rings. The topological polar surface area (TPSA) is 67.1 Å². The standard InChI is InChI=1S/C17H21N3O/c18-11-5-9-14-8-4-10-16(12-14)20-17(21)19-13-15-6-2-1-3-7-15/h1-4,6-8,10,12H,5,9,11,13,18H2,(H2,19,20,21). The Bertz CT molecular complexity index is 569. The van der Waals surface area contributed by atoms with Crippen LogP contribution in [0.4, 0.5) is 10.5 Å². The second-order valence-electron chi connectivity index (χ2n) is 4.89. The molecule has 0 radical (unpaired) electrons. The molecule has 0 aliphatic carbocycles.